The monoisotopic (exact) mass is 599 g/mol. The van der Waals surface area contributed by atoms with Crippen molar-refractivity contribution in [2.75, 3.05) is 11.9 Å². The highest BCUT2D eigenvalue weighted by Crippen LogP contribution is 2.47. The molecule has 0 saturated carbocycles. The summed E-state index contributed by atoms with van der Waals surface area (Å²) in [4.78, 5) is 2.27. The topological polar surface area (TPSA) is 3.24 Å². The van der Waals surface area contributed by atoms with Crippen LogP contribution in [-0.4, -0.2) is 7.05 Å². The number of anilines is 1. The highest BCUT2D eigenvalue weighted by molar-refractivity contribution is 9.12. The molecule has 0 N–H and O–H groups in total. The molecule has 0 amide bonds. The number of benzene rings is 2. The fraction of sp³-hybridized carbons (Fsp3) is 0.267. The molecule has 1 nitrogen and oxygen atoms in total. The maximum Gasteiger partial charge on any atom is 0.0448 e. The van der Waals surface area contributed by atoms with Crippen LogP contribution in [0.1, 0.15) is 44.4 Å². The minimum atomic E-state index is -0.214. The second-order valence-electron chi connectivity index (χ2n) is 9.78. The molecule has 178 valence electrons. The Morgan fingerprint density at radius 3 is 2.50 bits per heavy atom. The summed E-state index contributed by atoms with van der Waals surface area (Å²) in [6.45, 7) is 15.3. The Kier molecular flexibility index (Phi) is 8.22. The predicted molar refractivity (Wildman–Crippen MR) is 157 cm³/mol. The molecule has 0 spiro atoms. The van der Waals surface area contributed by atoms with E-state index in [1.54, 1.807) is 0 Å². The van der Waals surface area contributed by atoms with Gasteiger partial charge in [0.2, 0.25) is 0 Å². The molecule has 3 rings (SSSR count). The third-order valence-corrected chi connectivity index (χ3v) is 7.99. The lowest BCUT2D eigenvalue weighted by Gasteiger charge is -2.28. The summed E-state index contributed by atoms with van der Waals surface area (Å²) in [5.74, 6) is 0. The molecule has 0 bridgehead atoms. The molecule has 2 aromatic rings. The van der Waals surface area contributed by atoms with Crippen molar-refractivity contribution in [1.29, 1.82) is 0 Å². The van der Waals surface area contributed by atoms with Crippen LogP contribution < -0.4 is 4.90 Å². The highest BCUT2D eigenvalue weighted by atomic mass is 79.9. The third kappa shape index (κ3) is 5.53. The van der Waals surface area contributed by atoms with Crippen LogP contribution in [0.15, 0.2) is 99.7 Å². The van der Waals surface area contributed by atoms with Gasteiger partial charge in [-0.1, -0.05) is 102 Å². The summed E-state index contributed by atoms with van der Waals surface area (Å²) in [5, 5.41) is 0.749. The van der Waals surface area contributed by atoms with E-state index in [1.807, 2.05) is 24.3 Å². The van der Waals surface area contributed by atoms with Crippen LogP contribution >= 0.6 is 43.5 Å². The zero-order chi connectivity index (χ0) is 25.3. The first-order valence-electron chi connectivity index (χ1n) is 11.3. The number of halogens is 3. The first-order valence-corrected chi connectivity index (χ1v) is 13.2. The maximum atomic E-state index is 6.25. The van der Waals surface area contributed by atoms with Crippen molar-refractivity contribution in [1.82, 2.24) is 0 Å². The normalized spacial score (nSPS) is 17.3. The molecule has 1 heterocycles. The maximum absolute atomic E-state index is 6.25. The molecular weight excluding hydrogens is 570 g/mol. The first kappa shape index (κ1) is 26.8. The Balaban J connectivity index is 1.73. The van der Waals surface area contributed by atoms with Crippen molar-refractivity contribution in [3.63, 3.8) is 0 Å². The van der Waals surface area contributed by atoms with Crippen molar-refractivity contribution in [2.45, 2.75) is 45.4 Å². The second kappa shape index (κ2) is 10.4. The lowest BCUT2D eigenvalue weighted by Crippen LogP contribution is -2.22. The van der Waals surface area contributed by atoms with Gasteiger partial charge in [-0.15, -0.1) is 0 Å². The van der Waals surface area contributed by atoms with Crippen LogP contribution in [0, 0.1) is 6.92 Å². The van der Waals surface area contributed by atoms with Gasteiger partial charge in [-0.05, 0) is 77.7 Å². The quantitative estimate of drug-likeness (QED) is 0.298. The van der Waals surface area contributed by atoms with Crippen LogP contribution in [0.5, 0.6) is 0 Å². The number of hydrogen-bond acceptors (Lipinski definition) is 1. The number of fused-ring (bicyclic) bond motifs is 1. The molecule has 1 aliphatic heterocycles. The van der Waals surface area contributed by atoms with Crippen LogP contribution in [-0.2, 0) is 10.8 Å². The van der Waals surface area contributed by atoms with E-state index in [9.17, 15) is 0 Å². The molecule has 2 aromatic carbocycles. The molecule has 0 fully saturated rings. The Labute approximate surface area is 226 Å². The van der Waals surface area contributed by atoms with Crippen LogP contribution in [0.4, 0.5) is 5.69 Å². The predicted octanol–water partition coefficient (Wildman–Crippen LogP) is 9.95. The van der Waals surface area contributed by atoms with Gasteiger partial charge in [0.05, 0.1) is 0 Å². The molecule has 0 unspecified atom stereocenters. The molecule has 0 saturated heterocycles. The van der Waals surface area contributed by atoms with Crippen molar-refractivity contribution in [3.8, 4) is 0 Å². The Morgan fingerprint density at radius 2 is 1.79 bits per heavy atom. The molecule has 0 radical (unpaired) electrons. The fourth-order valence-electron chi connectivity index (χ4n) is 4.50. The zero-order valence-corrected chi connectivity index (χ0v) is 24.6. The number of nitrogens with zero attached hydrogens (tertiary/aromatic N) is 1. The van der Waals surface area contributed by atoms with Gasteiger partial charge in [0, 0.05) is 43.2 Å². The van der Waals surface area contributed by atoms with Crippen molar-refractivity contribution in [2.24, 2.45) is 0 Å². The van der Waals surface area contributed by atoms with Gasteiger partial charge in [0.25, 0.3) is 0 Å². The Morgan fingerprint density at radius 1 is 1.09 bits per heavy atom. The molecule has 34 heavy (non-hydrogen) atoms. The summed E-state index contributed by atoms with van der Waals surface area (Å²) >= 11 is 13.5. The lowest BCUT2D eigenvalue weighted by molar-refractivity contribution is 0.637. The van der Waals surface area contributed by atoms with Gasteiger partial charge < -0.3 is 4.90 Å². The van der Waals surface area contributed by atoms with E-state index in [0.29, 0.717) is 0 Å². The molecular formula is C30H32Br2ClN. The average Bonchev–Trinajstić information content (AvgIpc) is 2.95. The molecule has 0 aromatic heterocycles. The van der Waals surface area contributed by atoms with Crippen LogP contribution in [0.2, 0.25) is 5.02 Å². The largest absolute Gasteiger partial charge is 0.347 e. The van der Waals surface area contributed by atoms with Crippen molar-refractivity contribution < 1.29 is 0 Å². The summed E-state index contributed by atoms with van der Waals surface area (Å²) in [7, 11) is 2.13. The number of hydrogen-bond donors (Lipinski definition) is 0. The van der Waals surface area contributed by atoms with E-state index in [0.717, 1.165) is 19.6 Å². The number of likely N-dealkylation sites (N-methyl/N-ethyl adjacent to an activating group) is 1. The van der Waals surface area contributed by atoms with E-state index in [4.69, 9.17) is 11.6 Å². The SMILES string of the molecule is C=C(/C=C/C=C(Br)/C=C/C=C1/N(C)c2ccc(Br)cc2C1(C)C)C(C)(C)c1cc(Cl)ccc1C. The van der Waals surface area contributed by atoms with E-state index in [2.05, 4.69) is 134 Å². The Hall–Kier alpha value is -1.81. The van der Waals surface area contributed by atoms with Gasteiger partial charge in [-0.25, -0.2) is 0 Å². The molecule has 1 aliphatic rings. The van der Waals surface area contributed by atoms with E-state index in [-0.39, 0.29) is 10.8 Å². The highest BCUT2D eigenvalue weighted by Gasteiger charge is 2.38. The number of aryl methyl sites for hydroxylation is 1. The number of rotatable bonds is 6. The standard InChI is InChI=1S/C30H32Br2ClN/c1-20-14-16-24(33)19-25(20)29(3,4)21(2)10-8-11-22(31)12-9-13-28-30(5,6)26-18-23(32)15-17-27(26)34(28)7/h8-19H,2H2,1,3-7H3/b10-8+,12-9+,22-11-,28-13+. The minimum Gasteiger partial charge on any atom is -0.347 e. The lowest BCUT2D eigenvalue weighted by atomic mass is 9.76. The average molecular weight is 602 g/mol. The van der Waals surface area contributed by atoms with Crippen molar-refractivity contribution in [3.05, 3.63) is 121 Å². The molecule has 4 heteroatoms. The van der Waals surface area contributed by atoms with Gasteiger partial charge >= 0.3 is 0 Å². The summed E-state index contributed by atoms with van der Waals surface area (Å²) < 4.78 is 2.10. The number of allylic oxidation sites excluding steroid dienone is 9. The van der Waals surface area contributed by atoms with E-state index >= 15 is 0 Å². The molecule has 0 aliphatic carbocycles. The van der Waals surface area contributed by atoms with Gasteiger partial charge in [0.15, 0.2) is 0 Å². The zero-order valence-electron chi connectivity index (χ0n) is 20.7. The summed E-state index contributed by atoms with van der Waals surface area (Å²) in [6, 6.07) is 12.5. The minimum absolute atomic E-state index is 0.0594. The van der Waals surface area contributed by atoms with Crippen LogP contribution in [0.25, 0.3) is 0 Å². The van der Waals surface area contributed by atoms with E-state index < -0.39 is 0 Å². The summed E-state index contributed by atoms with van der Waals surface area (Å²) in [5.41, 5.74) is 7.01. The molecule has 0 atom stereocenters. The third-order valence-electron chi connectivity index (χ3n) is 6.73. The van der Waals surface area contributed by atoms with Gasteiger partial charge in [0.1, 0.15) is 0 Å². The second-order valence-corrected chi connectivity index (χ2v) is 12.0. The van der Waals surface area contributed by atoms with Gasteiger partial charge in [-0.3, -0.25) is 0 Å². The van der Waals surface area contributed by atoms with Crippen LogP contribution in [0.3, 0.4) is 0 Å². The first-order chi connectivity index (χ1) is 15.9. The smallest absolute Gasteiger partial charge is 0.0448 e. The van der Waals surface area contributed by atoms with Crippen molar-refractivity contribution >= 4 is 49.1 Å². The fourth-order valence-corrected chi connectivity index (χ4v) is 5.34. The summed E-state index contributed by atoms with van der Waals surface area (Å²) in [6.07, 6.45) is 12.5. The van der Waals surface area contributed by atoms with E-state index in [1.165, 1.54) is 28.1 Å². The van der Waals surface area contributed by atoms with Gasteiger partial charge in [-0.2, -0.15) is 0 Å². The Bertz CT molecular complexity index is 1230.